The second-order valence-corrected chi connectivity index (χ2v) is 5.45. The van der Waals surface area contributed by atoms with Crippen molar-refractivity contribution in [3.63, 3.8) is 0 Å². The highest BCUT2D eigenvalue weighted by molar-refractivity contribution is 5.94. The van der Waals surface area contributed by atoms with Crippen molar-refractivity contribution in [1.82, 2.24) is 9.88 Å². The summed E-state index contributed by atoms with van der Waals surface area (Å²) in [6, 6.07) is 3.80. The minimum Gasteiger partial charge on any atom is -0.370 e. The molecule has 0 radical (unpaired) electrons. The third-order valence-corrected chi connectivity index (χ3v) is 3.43. The highest BCUT2D eigenvalue weighted by atomic mass is 16.2. The van der Waals surface area contributed by atoms with E-state index in [1.165, 1.54) is 6.42 Å². The Morgan fingerprint density at radius 1 is 1.19 bits per heavy atom. The molecular weight excluding hydrogens is 262 g/mol. The van der Waals surface area contributed by atoms with Gasteiger partial charge in [-0.05, 0) is 31.9 Å². The molecule has 0 aliphatic carbocycles. The Morgan fingerprint density at radius 3 is 2.57 bits per heavy atom. The maximum Gasteiger partial charge on any atom is 0.253 e. The molecule has 0 bridgehead atoms. The molecular formula is C17H29N3O. The Hall–Kier alpha value is -1.58. The number of aromatic nitrogens is 1. The molecule has 21 heavy (non-hydrogen) atoms. The van der Waals surface area contributed by atoms with Crippen LogP contribution >= 0.6 is 0 Å². The van der Waals surface area contributed by atoms with E-state index in [-0.39, 0.29) is 5.91 Å². The first-order valence-electron chi connectivity index (χ1n) is 8.12. The predicted molar refractivity (Wildman–Crippen MR) is 88.9 cm³/mol. The van der Waals surface area contributed by atoms with Gasteiger partial charge in [0.2, 0.25) is 0 Å². The number of rotatable bonds is 9. The number of carbonyl (C=O) groups is 1. The molecule has 0 unspecified atom stereocenters. The fourth-order valence-corrected chi connectivity index (χ4v) is 2.29. The number of nitrogens with one attached hydrogen (secondary N) is 1. The summed E-state index contributed by atoms with van der Waals surface area (Å²) in [7, 11) is 1.88. The van der Waals surface area contributed by atoms with Gasteiger partial charge in [0, 0.05) is 31.4 Å². The predicted octanol–water partition coefficient (Wildman–Crippen LogP) is 3.73. The molecule has 0 fully saturated rings. The monoisotopic (exact) mass is 291 g/mol. The van der Waals surface area contributed by atoms with Crippen LogP contribution in [0.15, 0.2) is 12.1 Å². The van der Waals surface area contributed by atoms with E-state index in [2.05, 4.69) is 24.1 Å². The minimum absolute atomic E-state index is 0.0880. The van der Waals surface area contributed by atoms with E-state index in [9.17, 15) is 4.79 Å². The zero-order chi connectivity index (χ0) is 15.7. The summed E-state index contributed by atoms with van der Waals surface area (Å²) in [5, 5.41) is 3.21. The zero-order valence-corrected chi connectivity index (χ0v) is 13.9. The lowest BCUT2D eigenvalue weighted by Crippen LogP contribution is -2.28. The van der Waals surface area contributed by atoms with Gasteiger partial charge in [-0.25, -0.2) is 4.98 Å². The Bertz CT molecular complexity index is 421. The first-order valence-corrected chi connectivity index (χ1v) is 8.12. The summed E-state index contributed by atoms with van der Waals surface area (Å²) in [5.41, 5.74) is 1.73. The average molecular weight is 291 g/mol. The average Bonchev–Trinajstić information content (AvgIpc) is 2.47. The van der Waals surface area contributed by atoms with E-state index in [1.807, 2.05) is 31.0 Å². The second-order valence-electron chi connectivity index (χ2n) is 5.45. The third kappa shape index (κ3) is 5.74. The highest BCUT2D eigenvalue weighted by Crippen LogP contribution is 2.14. The number of carbonyl (C=O) groups excluding carboxylic acids is 1. The van der Waals surface area contributed by atoms with Gasteiger partial charge in [0.1, 0.15) is 5.82 Å². The maximum atomic E-state index is 12.5. The van der Waals surface area contributed by atoms with Crippen molar-refractivity contribution in [2.45, 2.75) is 52.9 Å². The van der Waals surface area contributed by atoms with Crippen molar-refractivity contribution in [3.05, 3.63) is 23.4 Å². The maximum absolute atomic E-state index is 12.5. The molecule has 0 saturated heterocycles. The lowest BCUT2D eigenvalue weighted by molar-refractivity contribution is 0.0792. The molecule has 0 spiro atoms. The number of pyridine rings is 1. The van der Waals surface area contributed by atoms with Crippen molar-refractivity contribution in [2.24, 2.45) is 0 Å². The smallest absolute Gasteiger partial charge is 0.253 e. The molecule has 4 heteroatoms. The van der Waals surface area contributed by atoms with Crippen LogP contribution in [0.3, 0.4) is 0 Å². The summed E-state index contributed by atoms with van der Waals surface area (Å²) < 4.78 is 0. The van der Waals surface area contributed by atoms with Crippen molar-refractivity contribution < 1.29 is 4.79 Å². The second kappa shape index (κ2) is 9.37. The fourth-order valence-electron chi connectivity index (χ4n) is 2.29. The molecule has 118 valence electrons. The zero-order valence-electron chi connectivity index (χ0n) is 13.9. The van der Waals surface area contributed by atoms with E-state index in [0.717, 1.165) is 55.8 Å². The molecule has 0 aliphatic heterocycles. The third-order valence-electron chi connectivity index (χ3n) is 3.43. The van der Waals surface area contributed by atoms with Crippen LogP contribution in [-0.4, -0.2) is 35.9 Å². The number of anilines is 1. The van der Waals surface area contributed by atoms with Crippen LogP contribution in [-0.2, 0) is 6.42 Å². The topological polar surface area (TPSA) is 45.2 Å². The molecule has 1 aromatic heterocycles. The van der Waals surface area contributed by atoms with Crippen LogP contribution in [0.2, 0.25) is 0 Å². The van der Waals surface area contributed by atoms with Gasteiger partial charge < -0.3 is 10.2 Å². The van der Waals surface area contributed by atoms with Gasteiger partial charge in [-0.2, -0.15) is 0 Å². The Balaban J connectivity index is 2.85. The van der Waals surface area contributed by atoms with Crippen LogP contribution in [0.5, 0.6) is 0 Å². The number of unbranched alkanes of at least 4 members (excludes halogenated alkanes) is 2. The first kappa shape index (κ1) is 17.5. The Labute approximate surface area is 129 Å². The molecule has 1 N–H and O–H groups in total. The molecule has 0 aliphatic rings. The van der Waals surface area contributed by atoms with Crippen LogP contribution in [0, 0.1) is 0 Å². The number of hydrogen-bond acceptors (Lipinski definition) is 3. The summed E-state index contributed by atoms with van der Waals surface area (Å²) in [6.45, 7) is 7.95. The molecule has 0 atom stereocenters. The van der Waals surface area contributed by atoms with Crippen LogP contribution in [0.1, 0.15) is 62.5 Å². The van der Waals surface area contributed by atoms with E-state index >= 15 is 0 Å². The molecule has 0 saturated carbocycles. The van der Waals surface area contributed by atoms with Crippen LogP contribution in [0.4, 0.5) is 5.82 Å². The van der Waals surface area contributed by atoms with Gasteiger partial charge in [0.05, 0.1) is 0 Å². The number of hydrogen-bond donors (Lipinski definition) is 1. The standard InChI is InChI=1S/C17H29N3O/c1-5-8-9-11-20(4)17(21)14-12-15(10-6-2)19-16(13-14)18-7-3/h12-13H,5-11H2,1-4H3,(H,18,19). The van der Waals surface area contributed by atoms with Gasteiger partial charge in [-0.3, -0.25) is 4.79 Å². The largest absolute Gasteiger partial charge is 0.370 e. The lowest BCUT2D eigenvalue weighted by Gasteiger charge is -2.18. The molecule has 1 amide bonds. The summed E-state index contributed by atoms with van der Waals surface area (Å²) >= 11 is 0. The summed E-state index contributed by atoms with van der Waals surface area (Å²) in [6.07, 6.45) is 5.33. The SMILES string of the molecule is CCCCCN(C)C(=O)c1cc(CCC)nc(NCC)c1. The molecule has 1 heterocycles. The van der Waals surface area contributed by atoms with Gasteiger partial charge in [-0.1, -0.05) is 33.1 Å². The number of aryl methyl sites for hydroxylation is 1. The van der Waals surface area contributed by atoms with Crippen molar-refractivity contribution in [3.8, 4) is 0 Å². The van der Waals surface area contributed by atoms with Gasteiger partial charge in [-0.15, -0.1) is 0 Å². The van der Waals surface area contributed by atoms with Crippen LogP contribution in [0.25, 0.3) is 0 Å². The molecule has 1 rings (SSSR count). The first-order chi connectivity index (χ1) is 10.1. The molecule has 4 nitrogen and oxygen atoms in total. The number of amides is 1. The van der Waals surface area contributed by atoms with Crippen molar-refractivity contribution in [2.75, 3.05) is 25.5 Å². The minimum atomic E-state index is 0.0880. The van der Waals surface area contributed by atoms with Gasteiger partial charge in [0.25, 0.3) is 5.91 Å². The van der Waals surface area contributed by atoms with E-state index in [0.29, 0.717) is 0 Å². The van der Waals surface area contributed by atoms with E-state index < -0.39 is 0 Å². The van der Waals surface area contributed by atoms with Crippen molar-refractivity contribution in [1.29, 1.82) is 0 Å². The Kier molecular flexibility index (Phi) is 7.80. The van der Waals surface area contributed by atoms with E-state index in [1.54, 1.807) is 0 Å². The lowest BCUT2D eigenvalue weighted by atomic mass is 10.1. The van der Waals surface area contributed by atoms with Crippen molar-refractivity contribution >= 4 is 11.7 Å². The molecule has 1 aromatic rings. The Morgan fingerprint density at radius 2 is 1.95 bits per heavy atom. The van der Waals surface area contributed by atoms with E-state index in [4.69, 9.17) is 0 Å². The summed E-state index contributed by atoms with van der Waals surface area (Å²) in [5.74, 6) is 0.888. The summed E-state index contributed by atoms with van der Waals surface area (Å²) in [4.78, 5) is 18.9. The van der Waals surface area contributed by atoms with Gasteiger partial charge in [0.15, 0.2) is 0 Å². The van der Waals surface area contributed by atoms with Gasteiger partial charge >= 0.3 is 0 Å². The normalized spacial score (nSPS) is 10.5. The highest BCUT2D eigenvalue weighted by Gasteiger charge is 2.13. The fraction of sp³-hybridized carbons (Fsp3) is 0.647. The number of nitrogens with zero attached hydrogens (tertiary/aromatic N) is 2. The molecule has 0 aromatic carbocycles. The van der Waals surface area contributed by atoms with Crippen LogP contribution < -0.4 is 5.32 Å². The quantitative estimate of drug-likeness (QED) is 0.705.